The van der Waals surface area contributed by atoms with Gasteiger partial charge in [-0.15, -0.1) is 0 Å². The largest absolute Gasteiger partial charge is 0.456 e. The molecule has 2 nitrogen and oxygen atoms in total. The van der Waals surface area contributed by atoms with Crippen LogP contribution >= 0.6 is 28.1 Å². The minimum absolute atomic E-state index is 0.318. The molecular formula is C17H18BrNOS. The Morgan fingerprint density at radius 1 is 1.19 bits per heavy atom. The van der Waals surface area contributed by atoms with E-state index in [-0.39, 0.29) is 0 Å². The topological polar surface area (TPSA) is 35.2 Å². The van der Waals surface area contributed by atoms with Crippen molar-refractivity contribution in [2.24, 2.45) is 5.73 Å². The van der Waals surface area contributed by atoms with Crippen LogP contribution in [0.5, 0.6) is 11.5 Å². The number of thiocarbonyl (C=S) groups is 1. The van der Waals surface area contributed by atoms with Gasteiger partial charge in [0.2, 0.25) is 0 Å². The van der Waals surface area contributed by atoms with Crippen LogP contribution in [-0.4, -0.2) is 4.99 Å². The van der Waals surface area contributed by atoms with E-state index in [4.69, 9.17) is 22.7 Å². The zero-order valence-corrected chi connectivity index (χ0v) is 14.5. The SMILES string of the molecule is CCC(C)c1ccccc1Oc1cccc(Br)c1C(N)=S. The second-order valence-corrected chi connectivity index (χ2v) is 6.22. The Labute approximate surface area is 139 Å². The number of rotatable bonds is 5. The van der Waals surface area contributed by atoms with Gasteiger partial charge < -0.3 is 10.5 Å². The first kappa shape index (κ1) is 16.0. The van der Waals surface area contributed by atoms with E-state index in [0.717, 1.165) is 22.2 Å². The molecule has 0 spiro atoms. The number of para-hydroxylation sites is 1. The Kier molecular flexibility index (Phi) is 5.37. The monoisotopic (exact) mass is 363 g/mol. The fraction of sp³-hybridized carbons (Fsp3) is 0.235. The summed E-state index contributed by atoms with van der Waals surface area (Å²) >= 11 is 8.60. The van der Waals surface area contributed by atoms with Gasteiger partial charge in [-0.25, -0.2) is 0 Å². The number of hydrogen-bond donors (Lipinski definition) is 1. The molecule has 2 aromatic carbocycles. The molecule has 110 valence electrons. The van der Waals surface area contributed by atoms with Crippen molar-refractivity contribution >= 4 is 33.1 Å². The van der Waals surface area contributed by atoms with Gasteiger partial charge in [0.05, 0.1) is 5.56 Å². The van der Waals surface area contributed by atoms with E-state index < -0.39 is 0 Å². The third kappa shape index (κ3) is 3.63. The van der Waals surface area contributed by atoms with Gasteiger partial charge in [0.15, 0.2) is 0 Å². The van der Waals surface area contributed by atoms with E-state index in [1.807, 2.05) is 36.4 Å². The van der Waals surface area contributed by atoms with Crippen molar-refractivity contribution in [3.05, 3.63) is 58.1 Å². The van der Waals surface area contributed by atoms with E-state index in [0.29, 0.717) is 16.7 Å². The maximum absolute atomic E-state index is 6.11. The molecule has 0 aliphatic rings. The molecule has 0 heterocycles. The molecule has 2 rings (SSSR count). The van der Waals surface area contributed by atoms with Gasteiger partial charge >= 0.3 is 0 Å². The molecule has 0 aliphatic carbocycles. The smallest absolute Gasteiger partial charge is 0.138 e. The lowest BCUT2D eigenvalue weighted by molar-refractivity contribution is 0.469. The van der Waals surface area contributed by atoms with Gasteiger partial charge in [-0.3, -0.25) is 0 Å². The van der Waals surface area contributed by atoms with Crippen LogP contribution < -0.4 is 10.5 Å². The number of hydrogen-bond acceptors (Lipinski definition) is 2. The van der Waals surface area contributed by atoms with Crippen molar-refractivity contribution in [3.63, 3.8) is 0 Å². The van der Waals surface area contributed by atoms with Crippen molar-refractivity contribution < 1.29 is 4.74 Å². The number of nitrogens with two attached hydrogens (primary N) is 1. The van der Waals surface area contributed by atoms with E-state index in [2.05, 4.69) is 35.8 Å². The van der Waals surface area contributed by atoms with Crippen molar-refractivity contribution in [3.8, 4) is 11.5 Å². The second kappa shape index (κ2) is 7.05. The molecule has 1 unspecified atom stereocenters. The average molecular weight is 364 g/mol. The first-order valence-corrected chi connectivity index (χ1v) is 8.09. The molecule has 0 bridgehead atoms. The fourth-order valence-electron chi connectivity index (χ4n) is 2.15. The Bertz CT molecular complexity index is 657. The normalized spacial score (nSPS) is 12.0. The highest BCUT2D eigenvalue weighted by Crippen LogP contribution is 2.35. The fourth-order valence-corrected chi connectivity index (χ4v) is 3.05. The number of halogens is 1. The third-order valence-electron chi connectivity index (χ3n) is 3.50. The molecule has 2 N–H and O–H groups in total. The van der Waals surface area contributed by atoms with Crippen LogP contribution in [0.15, 0.2) is 46.9 Å². The molecule has 0 radical (unpaired) electrons. The summed E-state index contributed by atoms with van der Waals surface area (Å²) in [6, 6.07) is 13.8. The quantitative estimate of drug-likeness (QED) is 0.723. The Hall–Kier alpha value is -1.39. The summed E-state index contributed by atoms with van der Waals surface area (Å²) in [4.78, 5) is 0.318. The Morgan fingerprint density at radius 2 is 1.86 bits per heavy atom. The molecule has 4 heteroatoms. The zero-order valence-electron chi connectivity index (χ0n) is 12.1. The van der Waals surface area contributed by atoms with Crippen LogP contribution in [0.3, 0.4) is 0 Å². The van der Waals surface area contributed by atoms with Gasteiger partial charge in [0, 0.05) is 4.47 Å². The van der Waals surface area contributed by atoms with Gasteiger partial charge in [-0.05, 0) is 52.0 Å². The predicted octanol–water partition coefficient (Wildman–Crippen LogP) is 5.39. The van der Waals surface area contributed by atoms with E-state index >= 15 is 0 Å². The highest BCUT2D eigenvalue weighted by molar-refractivity contribution is 9.10. The lowest BCUT2D eigenvalue weighted by Gasteiger charge is -2.17. The van der Waals surface area contributed by atoms with Crippen LogP contribution in [-0.2, 0) is 0 Å². The third-order valence-corrected chi connectivity index (χ3v) is 4.37. The molecule has 21 heavy (non-hydrogen) atoms. The molecule has 2 aromatic rings. The van der Waals surface area contributed by atoms with Crippen molar-refractivity contribution in [1.29, 1.82) is 0 Å². The van der Waals surface area contributed by atoms with Gasteiger partial charge in [0.1, 0.15) is 16.5 Å². The summed E-state index contributed by atoms with van der Waals surface area (Å²) in [5.74, 6) is 1.96. The lowest BCUT2D eigenvalue weighted by Crippen LogP contribution is -2.12. The molecule has 0 fully saturated rings. The number of benzene rings is 2. The molecule has 0 aliphatic heterocycles. The van der Waals surface area contributed by atoms with E-state index in [1.54, 1.807) is 0 Å². The molecule has 0 amide bonds. The summed E-state index contributed by atoms with van der Waals surface area (Å²) in [6.45, 7) is 4.36. The van der Waals surface area contributed by atoms with Gasteiger partial charge in [-0.2, -0.15) is 0 Å². The minimum Gasteiger partial charge on any atom is -0.456 e. The molecule has 0 aromatic heterocycles. The van der Waals surface area contributed by atoms with Crippen LogP contribution in [0.25, 0.3) is 0 Å². The first-order valence-electron chi connectivity index (χ1n) is 6.89. The average Bonchev–Trinajstić information content (AvgIpc) is 2.46. The predicted molar refractivity (Wildman–Crippen MR) is 95.3 cm³/mol. The number of ether oxygens (including phenoxy) is 1. The molecule has 0 saturated heterocycles. The molecular weight excluding hydrogens is 346 g/mol. The summed E-state index contributed by atoms with van der Waals surface area (Å²) in [6.07, 6.45) is 1.06. The lowest BCUT2D eigenvalue weighted by atomic mass is 9.98. The highest BCUT2D eigenvalue weighted by atomic mass is 79.9. The van der Waals surface area contributed by atoms with Crippen LogP contribution in [0.4, 0.5) is 0 Å². The maximum Gasteiger partial charge on any atom is 0.138 e. The van der Waals surface area contributed by atoms with Gasteiger partial charge in [-0.1, -0.05) is 50.3 Å². The zero-order chi connectivity index (χ0) is 15.4. The maximum atomic E-state index is 6.11. The van der Waals surface area contributed by atoms with E-state index in [1.165, 1.54) is 5.56 Å². The van der Waals surface area contributed by atoms with E-state index in [9.17, 15) is 0 Å². The second-order valence-electron chi connectivity index (χ2n) is 4.93. The van der Waals surface area contributed by atoms with Crippen molar-refractivity contribution in [1.82, 2.24) is 0 Å². The standard InChI is InChI=1S/C17H18BrNOS/c1-3-11(2)12-7-4-5-9-14(12)20-15-10-6-8-13(18)16(15)17(19)21/h4-11H,3H2,1-2H3,(H2,19,21). The molecule has 1 atom stereocenters. The van der Waals surface area contributed by atoms with Crippen molar-refractivity contribution in [2.45, 2.75) is 26.2 Å². The van der Waals surface area contributed by atoms with Crippen LogP contribution in [0.1, 0.15) is 37.3 Å². The van der Waals surface area contributed by atoms with Crippen LogP contribution in [0.2, 0.25) is 0 Å². The Morgan fingerprint density at radius 3 is 2.52 bits per heavy atom. The summed E-state index contributed by atoms with van der Waals surface area (Å²) in [5.41, 5.74) is 7.73. The first-order chi connectivity index (χ1) is 10.0. The molecule has 0 saturated carbocycles. The highest BCUT2D eigenvalue weighted by Gasteiger charge is 2.15. The van der Waals surface area contributed by atoms with Crippen molar-refractivity contribution in [2.75, 3.05) is 0 Å². The van der Waals surface area contributed by atoms with Crippen LogP contribution in [0, 0.1) is 0 Å². The summed E-state index contributed by atoms with van der Waals surface area (Å²) in [5, 5.41) is 0. The summed E-state index contributed by atoms with van der Waals surface area (Å²) in [7, 11) is 0. The van der Waals surface area contributed by atoms with Gasteiger partial charge in [0.25, 0.3) is 0 Å². The Balaban J connectivity index is 2.44. The minimum atomic E-state index is 0.318. The summed E-state index contributed by atoms with van der Waals surface area (Å²) < 4.78 is 6.95.